The van der Waals surface area contributed by atoms with E-state index >= 15 is 0 Å². The Balaban J connectivity index is 1.62. The van der Waals surface area contributed by atoms with Crippen molar-refractivity contribution in [1.82, 2.24) is 34.9 Å². The van der Waals surface area contributed by atoms with Crippen LogP contribution in [0.4, 0.5) is 11.6 Å². The SMILES string of the molecule is c1cncc(-c2nc3c4c(nc(-c5ccncc5)nc4n2)NC(c2ccncc2)=N3)c1. The molecule has 6 rings (SSSR count). The molecule has 0 fully saturated rings. The number of anilines is 1. The Morgan fingerprint density at radius 2 is 1.32 bits per heavy atom. The van der Waals surface area contributed by atoms with Gasteiger partial charge >= 0.3 is 0 Å². The minimum absolute atomic E-state index is 0.501. The first-order valence-electron chi connectivity index (χ1n) is 9.52. The van der Waals surface area contributed by atoms with E-state index in [-0.39, 0.29) is 0 Å². The zero-order chi connectivity index (χ0) is 20.6. The molecule has 146 valence electrons. The van der Waals surface area contributed by atoms with Crippen LogP contribution in [0, 0.1) is 0 Å². The number of rotatable bonds is 3. The summed E-state index contributed by atoms with van der Waals surface area (Å²) in [7, 11) is 0. The molecule has 1 N–H and O–H groups in total. The molecule has 0 unspecified atom stereocenters. The van der Waals surface area contributed by atoms with Gasteiger partial charge < -0.3 is 5.32 Å². The highest BCUT2D eigenvalue weighted by Crippen LogP contribution is 2.35. The summed E-state index contributed by atoms with van der Waals surface area (Å²) in [6.07, 6.45) is 10.3. The first-order valence-corrected chi connectivity index (χ1v) is 9.52. The number of hydrogen-bond acceptors (Lipinski definition) is 9. The van der Waals surface area contributed by atoms with Crippen LogP contribution in [0.25, 0.3) is 33.8 Å². The molecule has 1 aliphatic heterocycles. The summed E-state index contributed by atoms with van der Waals surface area (Å²) in [6, 6.07) is 11.2. The lowest BCUT2D eigenvalue weighted by Crippen LogP contribution is -2.19. The molecule has 1 aliphatic rings. The molecule has 0 atom stereocenters. The van der Waals surface area contributed by atoms with Crippen molar-refractivity contribution in [2.45, 2.75) is 0 Å². The molecule has 0 spiro atoms. The summed E-state index contributed by atoms with van der Waals surface area (Å²) < 4.78 is 0. The molecule has 31 heavy (non-hydrogen) atoms. The van der Waals surface area contributed by atoms with E-state index in [4.69, 9.17) is 24.9 Å². The zero-order valence-electron chi connectivity index (χ0n) is 16.0. The van der Waals surface area contributed by atoms with Crippen LogP contribution in [-0.2, 0) is 0 Å². The summed E-state index contributed by atoms with van der Waals surface area (Å²) in [5.74, 6) is 2.78. The minimum atomic E-state index is 0.501. The third-order valence-corrected chi connectivity index (χ3v) is 4.80. The lowest BCUT2D eigenvalue weighted by atomic mass is 10.2. The molecule has 0 bridgehead atoms. The van der Waals surface area contributed by atoms with E-state index < -0.39 is 0 Å². The van der Waals surface area contributed by atoms with E-state index in [1.165, 1.54) is 0 Å². The first kappa shape index (κ1) is 17.2. The quantitative estimate of drug-likeness (QED) is 0.487. The Kier molecular flexibility index (Phi) is 3.88. The molecule has 0 saturated heterocycles. The van der Waals surface area contributed by atoms with Gasteiger partial charge in [0.05, 0.1) is 0 Å². The van der Waals surface area contributed by atoms with E-state index in [0.29, 0.717) is 40.2 Å². The van der Waals surface area contributed by atoms with Gasteiger partial charge in [-0.05, 0) is 36.4 Å². The molecular formula is C22H13N9. The van der Waals surface area contributed by atoms with Crippen molar-refractivity contribution in [3.8, 4) is 22.8 Å². The molecule has 5 aromatic rings. The lowest BCUT2D eigenvalue weighted by molar-refractivity contribution is 1.12. The number of pyridine rings is 3. The molecule has 9 heteroatoms. The van der Waals surface area contributed by atoms with Gasteiger partial charge in [0.2, 0.25) is 0 Å². The fraction of sp³-hybridized carbons (Fsp3) is 0. The average Bonchev–Trinajstić information content (AvgIpc) is 2.85. The highest BCUT2D eigenvalue weighted by molar-refractivity contribution is 6.16. The van der Waals surface area contributed by atoms with Gasteiger partial charge in [-0.3, -0.25) is 15.0 Å². The Bertz CT molecular complexity index is 1430. The third kappa shape index (κ3) is 3.04. The van der Waals surface area contributed by atoms with Gasteiger partial charge in [0, 0.05) is 53.9 Å². The first-order chi connectivity index (χ1) is 15.3. The van der Waals surface area contributed by atoms with Crippen LogP contribution in [0.3, 0.4) is 0 Å². The van der Waals surface area contributed by atoms with Gasteiger partial charge in [-0.25, -0.2) is 24.9 Å². The molecule has 0 amide bonds. The van der Waals surface area contributed by atoms with Crippen LogP contribution in [0.15, 0.2) is 78.6 Å². The molecule has 6 heterocycles. The number of nitrogens with one attached hydrogen (secondary N) is 1. The van der Waals surface area contributed by atoms with Gasteiger partial charge in [0.1, 0.15) is 17.0 Å². The van der Waals surface area contributed by atoms with Crippen LogP contribution in [0.2, 0.25) is 0 Å². The number of nitrogens with zero attached hydrogens (tertiary/aromatic N) is 8. The third-order valence-electron chi connectivity index (χ3n) is 4.80. The molecule has 0 aromatic carbocycles. The standard InChI is InChI=1S/C22H13N9/c1-2-15(12-25-7-1)19-30-21-16-20(26-17(28-21)13-3-8-23-9-4-13)27-18(29-22(16)31-19)14-5-10-24-11-6-14/h1-12H,(H,26,27,28,29,30,31). The summed E-state index contributed by atoms with van der Waals surface area (Å²) in [6.45, 7) is 0. The zero-order valence-corrected chi connectivity index (χ0v) is 16.0. The van der Waals surface area contributed by atoms with E-state index in [9.17, 15) is 0 Å². The number of aromatic nitrogens is 7. The normalized spacial score (nSPS) is 12.3. The van der Waals surface area contributed by atoms with Gasteiger partial charge in [-0.2, -0.15) is 0 Å². The monoisotopic (exact) mass is 403 g/mol. The van der Waals surface area contributed by atoms with Gasteiger partial charge in [0.15, 0.2) is 23.1 Å². The van der Waals surface area contributed by atoms with Gasteiger partial charge in [-0.15, -0.1) is 0 Å². The van der Waals surface area contributed by atoms with E-state index in [2.05, 4.69) is 20.3 Å². The van der Waals surface area contributed by atoms with Crippen molar-refractivity contribution in [2.24, 2.45) is 4.99 Å². The Labute approximate surface area is 176 Å². The van der Waals surface area contributed by atoms with E-state index in [1.807, 2.05) is 36.4 Å². The Hall–Kier alpha value is -4.66. The fourth-order valence-electron chi connectivity index (χ4n) is 3.34. The predicted molar refractivity (Wildman–Crippen MR) is 116 cm³/mol. The maximum Gasteiger partial charge on any atom is 0.171 e. The summed E-state index contributed by atoms with van der Waals surface area (Å²) in [5.41, 5.74) is 3.00. The van der Waals surface area contributed by atoms with Crippen LogP contribution in [0.1, 0.15) is 5.56 Å². The second-order valence-electron chi connectivity index (χ2n) is 6.76. The van der Waals surface area contributed by atoms with Crippen LogP contribution >= 0.6 is 0 Å². The van der Waals surface area contributed by atoms with Crippen molar-refractivity contribution >= 4 is 28.5 Å². The molecule has 0 radical (unpaired) electrons. The van der Waals surface area contributed by atoms with Crippen LogP contribution in [-0.4, -0.2) is 40.7 Å². The number of aliphatic imine (C=N–C) groups is 1. The van der Waals surface area contributed by atoms with Crippen molar-refractivity contribution in [3.05, 3.63) is 79.1 Å². The van der Waals surface area contributed by atoms with Crippen molar-refractivity contribution in [1.29, 1.82) is 0 Å². The van der Waals surface area contributed by atoms with Crippen molar-refractivity contribution < 1.29 is 0 Å². The number of hydrogen-bond donors (Lipinski definition) is 1. The largest absolute Gasteiger partial charge is 0.324 e. The molecule has 5 aromatic heterocycles. The van der Waals surface area contributed by atoms with E-state index in [0.717, 1.165) is 16.7 Å². The van der Waals surface area contributed by atoms with Crippen molar-refractivity contribution in [3.63, 3.8) is 0 Å². The molecule has 0 saturated carbocycles. The van der Waals surface area contributed by atoms with Crippen molar-refractivity contribution in [2.75, 3.05) is 5.32 Å². The van der Waals surface area contributed by atoms with E-state index in [1.54, 1.807) is 37.2 Å². The Morgan fingerprint density at radius 1 is 0.613 bits per heavy atom. The maximum atomic E-state index is 4.74. The predicted octanol–water partition coefficient (Wildman–Crippen LogP) is 3.44. The highest BCUT2D eigenvalue weighted by Gasteiger charge is 2.23. The summed E-state index contributed by atoms with van der Waals surface area (Å²) in [5, 5.41) is 3.98. The number of amidine groups is 1. The second-order valence-corrected chi connectivity index (χ2v) is 6.76. The van der Waals surface area contributed by atoms with Gasteiger partial charge in [-0.1, -0.05) is 0 Å². The summed E-state index contributed by atoms with van der Waals surface area (Å²) >= 11 is 0. The highest BCUT2D eigenvalue weighted by atomic mass is 15.2. The smallest absolute Gasteiger partial charge is 0.171 e. The molecule has 0 aliphatic carbocycles. The van der Waals surface area contributed by atoms with Crippen LogP contribution < -0.4 is 5.32 Å². The topological polar surface area (TPSA) is 115 Å². The maximum absolute atomic E-state index is 4.74. The molecule has 9 nitrogen and oxygen atoms in total. The fourth-order valence-corrected chi connectivity index (χ4v) is 3.34. The minimum Gasteiger partial charge on any atom is -0.324 e. The Morgan fingerprint density at radius 3 is 2.03 bits per heavy atom. The lowest BCUT2D eigenvalue weighted by Gasteiger charge is -2.18. The second kappa shape index (κ2) is 6.99. The summed E-state index contributed by atoms with van der Waals surface area (Å²) in [4.78, 5) is 35.9. The van der Waals surface area contributed by atoms with Crippen LogP contribution in [0.5, 0.6) is 0 Å². The molecular weight excluding hydrogens is 390 g/mol. The average molecular weight is 403 g/mol. The van der Waals surface area contributed by atoms with Gasteiger partial charge in [0.25, 0.3) is 0 Å².